The van der Waals surface area contributed by atoms with Crippen LogP contribution in [0.4, 0.5) is 0 Å². The molecule has 1 aliphatic rings. The number of aromatic nitrogens is 1. The van der Waals surface area contributed by atoms with Crippen LogP contribution in [0.25, 0.3) is 10.9 Å². The minimum Gasteiger partial charge on any atom is -0.349 e. The van der Waals surface area contributed by atoms with E-state index < -0.39 is 0 Å². The zero-order chi connectivity index (χ0) is 10.3. The van der Waals surface area contributed by atoms with E-state index in [2.05, 4.69) is 10.3 Å². The lowest BCUT2D eigenvalue weighted by atomic mass is 9.94. The standard InChI is InChI=1S/C12H10N2O/c15-12-7-11(14-12)9-5-6-13-10-4-2-1-3-8(9)10/h1-6,11H,7H2,(H,14,15). The minimum absolute atomic E-state index is 0.126. The van der Waals surface area contributed by atoms with Crippen LogP contribution in [-0.4, -0.2) is 10.9 Å². The molecule has 1 saturated heterocycles. The molecule has 1 aromatic heterocycles. The number of carbonyl (C=O) groups excluding carboxylic acids is 1. The number of pyridine rings is 1. The fraction of sp³-hybridized carbons (Fsp3) is 0.167. The van der Waals surface area contributed by atoms with Gasteiger partial charge in [0.05, 0.1) is 18.0 Å². The van der Waals surface area contributed by atoms with E-state index in [9.17, 15) is 4.79 Å². The molecule has 15 heavy (non-hydrogen) atoms. The molecule has 1 atom stereocenters. The highest BCUT2D eigenvalue weighted by Crippen LogP contribution is 2.29. The number of benzene rings is 1. The highest BCUT2D eigenvalue weighted by atomic mass is 16.2. The molecule has 1 N–H and O–H groups in total. The van der Waals surface area contributed by atoms with Crippen molar-refractivity contribution in [1.29, 1.82) is 0 Å². The summed E-state index contributed by atoms with van der Waals surface area (Å²) in [7, 11) is 0. The molecule has 2 heterocycles. The summed E-state index contributed by atoms with van der Waals surface area (Å²) in [6.07, 6.45) is 2.39. The zero-order valence-corrected chi connectivity index (χ0v) is 8.10. The number of rotatable bonds is 1. The van der Waals surface area contributed by atoms with Crippen LogP contribution in [0.1, 0.15) is 18.0 Å². The van der Waals surface area contributed by atoms with E-state index in [0.717, 1.165) is 10.9 Å². The van der Waals surface area contributed by atoms with Crippen molar-refractivity contribution in [3.05, 3.63) is 42.1 Å². The molecule has 1 aliphatic heterocycles. The summed E-state index contributed by atoms with van der Waals surface area (Å²) in [5.41, 5.74) is 2.15. The smallest absolute Gasteiger partial charge is 0.222 e. The summed E-state index contributed by atoms with van der Waals surface area (Å²) in [5, 5.41) is 4.01. The molecule has 0 spiro atoms. The van der Waals surface area contributed by atoms with Crippen LogP contribution < -0.4 is 5.32 Å². The van der Waals surface area contributed by atoms with Gasteiger partial charge in [-0.25, -0.2) is 0 Å². The van der Waals surface area contributed by atoms with E-state index in [1.165, 1.54) is 5.56 Å². The molecule has 3 nitrogen and oxygen atoms in total. The second-order valence-electron chi connectivity index (χ2n) is 3.74. The molecule has 74 valence electrons. The SMILES string of the molecule is O=C1CC(c2ccnc3ccccc23)N1. The molecule has 2 aromatic rings. The van der Waals surface area contributed by atoms with Gasteiger partial charge >= 0.3 is 0 Å². The number of nitrogens with zero attached hydrogens (tertiary/aromatic N) is 1. The van der Waals surface area contributed by atoms with Crippen LogP contribution in [0.3, 0.4) is 0 Å². The van der Waals surface area contributed by atoms with Crippen LogP contribution in [0.15, 0.2) is 36.5 Å². The third kappa shape index (κ3) is 1.28. The van der Waals surface area contributed by atoms with Crippen LogP contribution in [-0.2, 0) is 4.79 Å². The van der Waals surface area contributed by atoms with Crippen molar-refractivity contribution < 1.29 is 4.79 Å². The Morgan fingerprint density at radius 3 is 2.87 bits per heavy atom. The van der Waals surface area contributed by atoms with Gasteiger partial charge in [0.25, 0.3) is 0 Å². The second kappa shape index (κ2) is 3.05. The zero-order valence-electron chi connectivity index (χ0n) is 8.10. The topological polar surface area (TPSA) is 42.0 Å². The number of para-hydroxylation sites is 1. The van der Waals surface area contributed by atoms with E-state index in [4.69, 9.17) is 0 Å². The lowest BCUT2D eigenvalue weighted by Crippen LogP contribution is -2.41. The number of fused-ring (bicyclic) bond motifs is 1. The lowest BCUT2D eigenvalue weighted by molar-refractivity contribution is -0.128. The largest absolute Gasteiger partial charge is 0.349 e. The Balaban J connectivity index is 2.14. The average Bonchev–Trinajstić information content (AvgIpc) is 2.24. The second-order valence-corrected chi connectivity index (χ2v) is 3.74. The van der Waals surface area contributed by atoms with Gasteiger partial charge in [-0.1, -0.05) is 18.2 Å². The van der Waals surface area contributed by atoms with Gasteiger partial charge in [-0.2, -0.15) is 0 Å². The fourth-order valence-corrected chi connectivity index (χ4v) is 1.97. The molecule has 0 saturated carbocycles. The number of β-lactam (4-membered cyclic amide) rings is 1. The van der Waals surface area contributed by atoms with Crippen molar-refractivity contribution in [3.8, 4) is 0 Å². The Morgan fingerprint density at radius 1 is 1.27 bits per heavy atom. The summed E-state index contributed by atoms with van der Waals surface area (Å²) in [4.78, 5) is 15.2. The summed E-state index contributed by atoms with van der Waals surface area (Å²) in [5.74, 6) is 0.126. The predicted molar refractivity (Wildman–Crippen MR) is 57.2 cm³/mol. The van der Waals surface area contributed by atoms with Crippen molar-refractivity contribution in [2.75, 3.05) is 0 Å². The van der Waals surface area contributed by atoms with Crippen LogP contribution >= 0.6 is 0 Å². The summed E-state index contributed by atoms with van der Waals surface area (Å²) in [6, 6.07) is 10.1. The molecule has 1 fully saturated rings. The fourth-order valence-electron chi connectivity index (χ4n) is 1.97. The quantitative estimate of drug-likeness (QED) is 0.710. The van der Waals surface area contributed by atoms with Crippen molar-refractivity contribution >= 4 is 16.8 Å². The molecule has 3 rings (SSSR count). The molecular weight excluding hydrogens is 188 g/mol. The Kier molecular flexibility index (Phi) is 1.71. The Labute approximate surface area is 87.1 Å². The Bertz CT molecular complexity index is 523. The van der Waals surface area contributed by atoms with E-state index in [0.29, 0.717) is 6.42 Å². The van der Waals surface area contributed by atoms with Gasteiger partial charge in [0.2, 0.25) is 5.91 Å². The third-order valence-electron chi connectivity index (χ3n) is 2.78. The minimum atomic E-state index is 0.126. The van der Waals surface area contributed by atoms with Gasteiger partial charge in [-0.15, -0.1) is 0 Å². The van der Waals surface area contributed by atoms with Crippen molar-refractivity contribution in [1.82, 2.24) is 10.3 Å². The van der Waals surface area contributed by atoms with E-state index in [1.807, 2.05) is 30.3 Å². The first-order valence-electron chi connectivity index (χ1n) is 4.97. The van der Waals surface area contributed by atoms with Crippen molar-refractivity contribution in [2.24, 2.45) is 0 Å². The molecule has 0 bridgehead atoms. The number of carbonyl (C=O) groups is 1. The highest BCUT2D eigenvalue weighted by Gasteiger charge is 2.27. The molecule has 1 aromatic carbocycles. The maximum Gasteiger partial charge on any atom is 0.222 e. The maximum absolute atomic E-state index is 10.9. The van der Waals surface area contributed by atoms with Crippen LogP contribution in [0.5, 0.6) is 0 Å². The summed E-state index contributed by atoms with van der Waals surface area (Å²) in [6.45, 7) is 0. The molecule has 0 aliphatic carbocycles. The first-order chi connectivity index (χ1) is 7.34. The predicted octanol–water partition coefficient (Wildman–Crippen LogP) is 1.80. The van der Waals surface area contributed by atoms with E-state index in [-0.39, 0.29) is 11.9 Å². The first-order valence-corrected chi connectivity index (χ1v) is 4.97. The summed E-state index contributed by atoms with van der Waals surface area (Å²) < 4.78 is 0. The van der Waals surface area contributed by atoms with Crippen LogP contribution in [0, 0.1) is 0 Å². The maximum atomic E-state index is 10.9. The normalized spacial score (nSPS) is 19.7. The van der Waals surface area contributed by atoms with Gasteiger partial charge in [-0.3, -0.25) is 9.78 Å². The van der Waals surface area contributed by atoms with Gasteiger partial charge in [0.1, 0.15) is 0 Å². The van der Waals surface area contributed by atoms with Crippen molar-refractivity contribution in [2.45, 2.75) is 12.5 Å². The number of hydrogen-bond acceptors (Lipinski definition) is 2. The van der Waals surface area contributed by atoms with E-state index >= 15 is 0 Å². The molecular formula is C12H10N2O. The first kappa shape index (κ1) is 8.41. The molecule has 1 amide bonds. The number of nitrogens with one attached hydrogen (secondary N) is 1. The van der Waals surface area contributed by atoms with Gasteiger partial charge in [-0.05, 0) is 17.7 Å². The highest BCUT2D eigenvalue weighted by molar-refractivity contribution is 5.88. The lowest BCUT2D eigenvalue weighted by Gasteiger charge is -2.28. The van der Waals surface area contributed by atoms with Crippen molar-refractivity contribution in [3.63, 3.8) is 0 Å². The van der Waals surface area contributed by atoms with Gasteiger partial charge in [0.15, 0.2) is 0 Å². The Morgan fingerprint density at radius 2 is 2.07 bits per heavy atom. The monoisotopic (exact) mass is 198 g/mol. The van der Waals surface area contributed by atoms with Gasteiger partial charge in [0, 0.05) is 11.6 Å². The third-order valence-corrected chi connectivity index (χ3v) is 2.78. The number of hydrogen-bond donors (Lipinski definition) is 1. The number of amides is 1. The van der Waals surface area contributed by atoms with E-state index in [1.54, 1.807) is 6.20 Å². The molecule has 1 unspecified atom stereocenters. The average molecular weight is 198 g/mol. The molecule has 0 radical (unpaired) electrons. The van der Waals surface area contributed by atoms with Gasteiger partial charge < -0.3 is 5.32 Å². The summed E-state index contributed by atoms with van der Waals surface area (Å²) >= 11 is 0. The van der Waals surface area contributed by atoms with Crippen LogP contribution in [0.2, 0.25) is 0 Å². The molecule has 3 heteroatoms. The Hall–Kier alpha value is -1.90.